The lowest BCUT2D eigenvalue weighted by atomic mass is 10.1. The van der Waals surface area contributed by atoms with Crippen molar-refractivity contribution in [1.29, 1.82) is 0 Å². The quantitative estimate of drug-likeness (QED) is 0.525. The van der Waals surface area contributed by atoms with Gasteiger partial charge in [0.2, 0.25) is 0 Å². The van der Waals surface area contributed by atoms with Crippen LogP contribution in [0.1, 0.15) is 0 Å². The third-order valence-electron chi connectivity index (χ3n) is 3.28. The third-order valence-corrected chi connectivity index (χ3v) is 3.28. The van der Waals surface area contributed by atoms with E-state index in [1.807, 2.05) is 12.1 Å². The average Bonchev–Trinajstić information content (AvgIpc) is 2.38. The Kier molecular flexibility index (Phi) is 2.08. The van der Waals surface area contributed by atoms with Crippen molar-refractivity contribution in [2.75, 3.05) is 0 Å². The molecule has 0 aliphatic carbocycles. The van der Waals surface area contributed by atoms with E-state index in [1.54, 1.807) is 12.4 Å². The highest BCUT2D eigenvalue weighted by atomic mass is 14.7. The summed E-state index contributed by atoms with van der Waals surface area (Å²) in [5, 5.41) is 5.44. The Labute approximate surface area is 104 Å². The van der Waals surface area contributed by atoms with Gasteiger partial charge in [0.25, 0.3) is 0 Å². The predicted octanol–water partition coefficient (Wildman–Crippen LogP) is 0.424. The van der Waals surface area contributed by atoms with Gasteiger partial charge in [-0.25, -0.2) is 0 Å². The maximum Gasteiger partial charge on any atom is 0.0971 e. The molecule has 1 aromatic carbocycles. The summed E-state index contributed by atoms with van der Waals surface area (Å²) < 4.78 is 0. The molecule has 0 unspecified atom stereocenters. The number of pyridine rings is 2. The lowest BCUT2D eigenvalue weighted by Gasteiger charge is -2.03. The van der Waals surface area contributed by atoms with Gasteiger partial charge in [-0.2, -0.15) is 0 Å². The molecule has 0 atom stereocenters. The van der Waals surface area contributed by atoms with E-state index >= 15 is 0 Å². The molecule has 0 spiro atoms. The first-order valence-corrected chi connectivity index (χ1v) is 5.62. The maximum absolute atomic E-state index is 4.43. The van der Waals surface area contributed by atoms with Crippen LogP contribution in [0.3, 0.4) is 0 Å². The van der Waals surface area contributed by atoms with Crippen LogP contribution in [0.4, 0.5) is 0 Å². The van der Waals surface area contributed by atoms with Gasteiger partial charge in [-0.3, -0.25) is 9.97 Å². The first-order chi connectivity index (χ1) is 8.59. The summed E-state index contributed by atoms with van der Waals surface area (Å²) in [6.07, 6.45) is 3.46. The molecule has 0 fully saturated rings. The molecule has 2 heteroatoms. The van der Waals surface area contributed by atoms with E-state index in [0.29, 0.717) is 0 Å². The van der Waals surface area contributed by atoms with E-state index in [4.69, 9.17) is 0 Å². The topological polar surface area (TPSA) is 25.8 Å². The van der Waals surface area contributed by atoms with Crippen LogP contribution in [0.15, 0.2) is 24.5 Å². The molecular formula is C16H12N2. The minimum absolute atomic E-state index is 0.838. The van der Waals surface area contributed by atoms with Gasteiger partial charge >= 0.3 is 0 Å². The summed E-state index contributed by atoms with van der Waals surface area (Å²) in [7, 11) is 0. The highest BCUT2D eigenvalue weighted by Crippen LogP contribution is 2.14. The molecule has 18 heavy (non-hydrogen) atoms. The minimum atomic E-state index is 0.838. The summed E-state index contributed by atoms with van der Waals surface area (Å²) >= 11 is 0. The van der Waals surface area contributed by atoms with Gasteiger partial charge in [0.15, 0.2) is 0 Å². The Bertz CT molecular complexity index is 905. The lowest BCUT2D eigenvalue weighted by Crippen LogP contribution is -2.25. The zero-order chi connectivity index (χ0) is 12.9. The molecular weight excluding hydrogens is 220 g/mol. The second-order valence-corrected chi connectivity index (χ2v) is 4.38. The minimum Gasteiger partial charge on any atom is -0.253 e. The highest BCUT2D eigenvalue weighted by molar-refractivity contribution is 6.02. The van der Waals surface area contributed by atoms with Crippen LogP contribution >= 0.6 is 0 Å². The van der Waals surface area contributed by atoms with Crippen LogP contribution in [0.25, 0.3) is 48.1 Å². The van der Waals surface area contributed by atoms with Crippen molar-refractivity contribution >= 4 is 48.1 Å². The predicted molar refractivity (Wildman–Crippen MR) is 77.6 cm³/mol. The Morgan fingerprint density at radius 2 is 1.06 bits per heavy atom. The van der Waals surface area contributed by atoms with E-state index in [1.165, 1.54) is 0 Å². The molecule has 2 heterocycles. The van der Waals surface area contributed by atoms with Gasteiger partial charge in [-0.1, -0.05) is 38.4 Å². The number of rotatable bonds is 0. The van der Waals surface area contributed by atoms with Crippen LogP contribution in [-0.2, 0) is 0 Å². The van der Waals surface area contributed by atoms with Gasteiger partial charge in [0.1, 0.15) is 0 Å². The fraction of sp³-hybridized carbons (Fsp3) is 0. The number of benzene rings is 1. The molecule has 0 amide bonds. The van der Waals surface area contributed by atoms with E-state index in [-0.39, 0.29) is 0 Å². The van der Waals surface area contributed by atoms with Crippen molar-refractivity contribution in [3.8, 4) is 0 Å². The van der Waals surface area contributed by atoms with Crippen molar-refractivity contribution in [1.82, 2.24) is 9.97 Å². The molecule has 0 saturated carbocycles. The molecule has 0 aliphatic rings. The Morgan fingerprint density at radius 3 is 1.44 bits per heavy atom. The van der Waals surface area contributed by atoms with Crippen LogP contribution in [-0.4, -0.2) is 9.97 Å². The number of hydrogen-bond donors (Lipinski definition) is 0. The van der Waals surface area contributed by atoms with E-state index in [0.717, 1.165) is 42.7 Å². The fourth-order valence-electron chi connectivity index (χ4n) is 2.11. The molecule has 86 valence electrons. The lowest BCUT2D eigenvalue weighted by molar-refractivity contribution is 1.32. The summed E-state index contributed by atoms with van der Waals surface area (Å²) in [6, 6.07) is 4.00. The van der Waals surface area contributed by atoms with Gasteiger partial charge in [0.05, 0.1) is 11.0 Å². The molecule has 0 radical (unpaired) electrons. The van der Waals surface area contributed by atoms with Crippen LogP contribution < -0.4 is 20.9 Å². The average molecular weight is 232 g/mol. The smallest absolute Gasteiger partial charge is 0.0971 e. The fourth-order valence-corrected chi connectivity index (χ4v) is 2.11. The molecule has 0 bridgehead atoms. The summed E-state index contributed by atoms with van der Waals surface area (Å²) in [5.41, 5.74) is 1.68. The number of fused-ring (bicyclic) bond motifs is 3. The molecule has 0 N–H and O–H groups in total. The van der Waals surface area contributed by atoms with Crippen molar-refractivity contribution < 1.29 is 0 Å². The zero-order valence-corrected chi connectivity index (χ0v) is 10.0. The van der Waals surface area contributed by atoms with Crippen LogP contribution in [0, 0.1) is 0 Å². The first-order valence-electron chi connectivity index (χ1n) is 5.62. The molecule has 2 aromatic heterocycles. The molecule has 2 nitrogen and oxygen atoms in total. The molecule has 0 saturated heterocycles. The number of aromatic nitrogens is 2. The largest absolute Gasteiger partial charge is 0.253 e. The normalized spacial score (nSPS) is 11.1. The van der Waals surface area contributed by atoms with Gasteiger partial charge in [0, 0.05) is 23.2 Å². The Morgan fingerprint density at radius 1 is 0.667 bits per heavy atom. The van der Waals surface area contributed by atoms with E-state index < -0.39 is 0 Å². The highest BCUT2D eigenvalue weighted by Gasteiger charge is 2.04. The van der Waals surface area contributed by atoms with Crippen molar-refractivity contribution in [2.45, 2.75) is 0 Å². The standard InChI is InChI=1S/C16H12N2/c1-9-7-17-15-13(11(9)3)5-6-14-12(4)10(2)8-18-16(14)15/h5-8H,1-4H2. The van der Waals surface area contributed by atoms with Crippen molar-refractivity contribution in [3.05, 3.63) is 45.4 Å². The molecule has 0 aliphatic heterocycles. The van der Waals surface area contributed by atoms with Gasteiger partial charge in [-0.15, -0.1) is 0 Å². The SMILES string of the molecule is C=c1cnc2c(ccc3c(=C)c(=C)cnc32)c1=C. The second kappa shape index (κ2) is 3.50. The monoisotopic (exact) mass is 232 g/mol. The van der Waals surface area contributed by atoms with Crippen LogP contribution in [0.2, 0.25) is 0 Å². The first kappa shape index (κ1) is 10.7. The summed E-state index contributed by atoms with van der Waals surface area (Å²) in [4.78, 5) is 8.85. The number of nitrogens with zero attached hydrogens (tertiary/aromatic N) is 2. The Hall–Kier alpha value is -2.48. The van der Waals surface area contributed by atoms with Crippen molar-refractivity contribution in [3.63, 3.8) is 0 Å². The van der Waals surface area contributed by atoms with Crippen LogP contribution in [0.5, 0.6) is 0 Å². The van der Waals surface area contributed by atoms with Gasteiger partial charge < -0.3 is 0 Å². The van der Waals surface area contributed by atoms with E-state index in [2.05, 4.69) is 36.3 Å². The number of hydrogen-bond acceptors (Lipinski definition) is 2. The summed E-state index contributed by atoms with van der Waals surface area (Å²) in [5.74, 6) is 0. The van der Waals surface area contributed by atoms with Gasteiger partial charge in [-0.05, 0) is 20.9 Å². The Balaban J connectivity index is 2.73. The van der Waals surface area contributed by atoms with E-state index in [9.17, 15) is 0 Å². The van der Waals surface area contributed by atoms with Crippen molar-refractivity contribution in [2.24, 2.45) is 0 Å². The molecule has 3 aromatic rings. The third kappa shape index (κ3) is 1.29. The maximum atomic E-state index is 4.43. The molecule has 3 rings (SSSR count). The zero-order valence-electron chi connectivity index (χ0n) is 10.0. The summed E-state index contributed by atoms with van der Waals surface area (Å²) in [6.45, 7) is 15.9. The second-order valence-electron chi connectivity index (χ2n) is 4.38.